The molecule has 1 N–H and O–H groups in total. The Bertz CT molecular complexity index is 532. The van der Waals surface area contributed by atoms with Crippen LogP contribution in [0.15, 0.2) is 36.5 Å². The third-order valence-corrected chi connectivity index (χ3v) is 2.96. The van der Waals surface area contributed by atoms with Crippen LogP contribution in [0.3, 0.4) is 0 Å². The third kappa shape index (κ3) is 3.14. The SMILES string of the molecule is CCNCCC(=O)Cc1ccnc2ccccc12. The van der Waals surface area contributed by atoms with Gasteiger partial charge < -0.3 is 5.32 Å². The number of fused-ring (bicyclic) bond motifs is 1. The number of Topliss-reactive ketones (excluding diaryl/α,β-unsaturated/α-hetero) is 1. The molecule has 0 spiro atoms. The lowest BCUT2D eigenvalue weighted by atomic mass is 10.0. The summed E-state index contributed by atoms with van der Waals surface area (Å²) in [4.78, 5) is 16.2. The molecule has 0 bridgehead atoms. The molecule has 3 nitrogen and oxygen atoms in total. The first-order valence-electron chi connectivity index (χ1n) is 6.36. The van der Waals surface area contributed by atoms with Crippen molar-refractivity contribution in [3.63, 3.8) is 0 Å². The standard InChI is InChI=1S/C15H18N2O/c1-2-16-9-8-13(18)11-12-7-10-17-15-6-4-3-5-14(12)15/h3-7,10,16H,2,8-9,11H2,1H3. The van der Waals surface area contributed by atoms with Crippen LogP contribution >= 0.6 is 0 Å². The highest BCUT2D eigenvalue weighted by molar-refractivity contribution is 5.88. The normalized spacial score (nSPS) is 10.7. The molecule has 0 aliphatic rings. The fraction of sp³-hybridized carbons (Fsp3) is 0.333. The molecular formula is C15H18N2O. The van der Waals surface area contributed by atoms with Gasteiger partial charge in [0.1, 0.15) is 5.78 Å². The number of rotatable bonds is 6. The van der Waals surface area contributed by atoms with Crippen LogP contribution in [0.2, 0.25) is 0 Å². The topological polar surface area (TPSA) is 42.0 Å². The maximum absolute atomic E-state index is 11.9. The van der Waals surface area contributed by atoms with Gasteiger partial charge in [0.15, 0.2) is 0 Å². The molecule has 0 atom stereocenters. The lowest BCUT2D eigenvalue weighted by Crippen LogP contribution is -2.18. The summed E-state index contributed by atoms with van der Waals surface area (Å²) < 4.78 is 0. The van der Waals surface area contributed by atoms with Gasteiger partial charge in [-0.25, -0.2) is 0 Å². The van der Waals surface area contributed by atoms with Crippen molar-refractivity contribution in [2.45, 2.75) is 19.8 Å². The van der Waals surface area contributed by atoms with Gasteiger partial charge in [0.2, 0.25) is 0 Å². The quantitative estimate of drug-likeness (QED) is 0.791. The molecule has 0 amide bonds. The summed E-state index contributed by atoms with van der Waals surface area (Å²) in [5, 5.41) is 4.25. The molecule has 94 valence electrons. The van der Waals surface area contributed by atoms with E-state index in [-0.39, 0.29) is 5.78 Å². The van der Waals surface area contributed by atoms with E-state index in [2.05, 4.69) is 10.3 Å². The van der Waals surface area contributed by atoms with Crippen LogP contribution in [-0.2, 0) is 11.2 Å². The number of para-hydroxylation sites is 1. The van der Waals surface area contributed by atoms with E-state index >= 15 is 0 Å². The molecule has 3 heteroatoms. The number of nitrogens with zero attached hydrogens (tertiary/aromatic N) is 1. The maximum Gasteiger partial charge on any atom is 0.138 e. The van der Waals surface area contributed by atoms with Crippen LogP contribution in [0, 0.1) is 0 Å². The van der Waals surface area contributed by atoms with E-state index in [1.807, 2.05) is 37.3 Å². The minimum atomic E-state index is 0.271. The largest absolute Gasteiger partial charge is 0.317 e. The van der Waals surface area contributed by atoms with Gasteiger partial charge in [0, 0.05) is 31.0 Å². The number of carbonyl (C=O) groups is 1. The van der Waals surface area contributed by atoms with Gasteiger partial charge in [-0.05, 0) is 24.2 Å². The summed E-state index contributed by atoms with van der Waals surface area (Å²) in [6.45, 7) is 3.71. The van der Waals surface area contributed by atoms with Gasteiger partial charge in [-0.2, -0.15) is 0 Å². The summed E-state index contributed by atoms with van der Waals surface area (Å²) in [6.07, 6.45) is 2.86. The first-order chi connectivity index (χ1) is 8.81. The second kappa shape index (κ2) is 6.26. The highest BCUT2D eigenvalue weighted by Crippen LogP contribution is 2.17. The van der Waals surface area contributed by atoms with Crippen molar-refractivity contribution in [2.75, 3.05) is 13.1 Å². The molecule has 0 aliphatic heterocycles. The highest BCUT2D eigenvalue weighted by atomic mass is 16.1. The van der Waals surface area contributed by atoms with Gasteiger partial charge in [0.25, 0.3) is 0 Å². The monoisotopic (exact) mass is 242 g/mol. The molecule has 0 unspecified atom stereocenters. The van der Waals surface area contributed by atoms with Crippen molar-refractivity contribution < 1.29 is 4.79 Å². The van der Waals surface area contributed by atoms with Crippen LogP contribution in [0.5, 0.6) is 0 Å². The Balaban J connectivity index is 2.09. The van der Waals surface area contributed by atoms with Crippen molar-refractivity contribution in [1.82, 2.24) is 10.3 Å². The van der Waals surface area contributed by atoms with Crippen molar-refractivity contribution >= 4 is 16.7 Å². The van der Waals surface area contributed by atoms with E-state index < -0.39 is 0 Å². The van der Waals surface area contributed by atoms with Crippen LogP contribution in [0.1, 0.15) is 18.9 Å². The van der Waals surface area contributed by atoms with Gasteiger partial charge in [-0.1, -0.05) is 25.1 Å². The molecule has 0 fully saturated rings. The molecule has 1 aromatic heterocycles. The minimum absolute atomic E-state index is 0.271. The summed E-state index contributed by atoms with van der Waals surface area (Å²) in [7, 11) is 0. The summed E-state index contributed by atoms with van der Waals surface area (Å²) in [5.41, 5.74) is 2.02. The van der Waals surface area contributed by atoms with E-state index in [1.54, 1.807) is 6.20 Å². The number of benzene rings is 1. The Morgan fingerprint density at radius 2 is 2.11 bits per heavy atom. The Kier molecular flexibility index (Phi) is 4.42. The van der Waals surface area contributed by atoms with Crippen LogP contribution in [-0.4, -0.2) is 23.9 Å². The molecule has 1 heterocycles. The number of nitrogens with one attached hydrogen (secondary N) is 1. The maximum atomic E-state index is 11.9. The zero-order valence-electron chi connectivity index (χ0n) is 10.6. The Morgan fingerprint density at radius 1 is 1.28 bits per heavy atom. The Morgan fingerprint density at radius 3 is 2.94 bits per heavy atom. The van der Waals surface area contributed by atoms with E-state index in [0.717, 1.165) is 29.6 Å². The fourth-order valence-corrected chi connectivity index (χ4v) is 2.01. The fourth-order valence-electron chi connectivity index (χ4n) is 2.01. The number of hydrogen-bond acceptors (Lipinski definition) is 3. The van der Waals surface area contributed by atoms with E-state index in [4.69, 9.17) is 0 Å². The summed E-state index contributed by atoms with van der Waals surface area (Å²) in [5.74, 6) is 0.271. The van der Waals surface area contributed by atoms with Gasteiger partial charge in [0.05, 0.1) is 5.52 Å². The number of aromatic nitrogens is 1. The third-order valence-electron chi connectivity index (χ3n) is 2.96. The highest BCUT2D eigenvalue weighted by Gasteiger charge is 2.06. The van der Waals surface area contributed by atoms with Crippen LogP contribution in [0.25, 0.3) is 10.9 Å². The molecular weight excluding hydrogens is 224 g/mol. The van der Waals surface area contributed by atoms with Gasteiger partial charge in [-0.15, -0.1) is 0 Å². The first kappa shape index (κ1) is 12.7. The minimum Gasteiger partial charge on any atom is -0.317 e. The first-order valence-corrected chi connectivity index (χ1v) is 6.36. The number of ketones is 1. The van der Waals surface area contributed by atoms with Crippen molar-refractivity contribution in [3.05, 3.63) is 42.1 Å². The molecule has 2 rings (SSSR count). The van der Waals surface area contributed by atoms with E-state index in [1.165, 1.54) is 0 Å². The predicted octanol–water partition coefficient (Wildman–Crippen LogP) is 2.35. The molecule has 0 saturated heterocycles. The summed E-state index contributed by atoms with van der Waals surface area (Å²) in [6, 6.07) is 9.88. The number of carbonyl (C=O) groups excluding carboxylic acids is 1. The average Bonchev–Trinajstić information content (AvgIpc) is 2.39. The lowest BCUT2D eigenvalue weighted by Gasteiger charge is -2.05. The average molecular weight is 242 g/mol. The molecule has 2 aromatic rings. The Hall–Kier alpha value is -1.74. The smallest absolute Gasteiger partial charge is 0.138 e. The van der Waals surface area contributed by atoms with Crippen LogP contribution in [0.4, 0.5) is 0 Å². The molecule has 0 radical (unpaired) electrons. The number of hydrogen-bond donors (Lipinski definition) is 1. The van der Waals surface area contributed by atoms with Crippen molar-refractivity contribution in [3.8, 4) is 0 Å². The van der Waals surface area contributed by atoms with Crippen molar-refractivity contribution in [1.29, 1.82) is 0 Å². The van der Waals surface area contributed by atoms with Gasteiger partial charge in [-0.3, -0.25) is 9.78 Å². The molecule has 0 saturated carbocycles. The van der Waals surface area contributed by atoms with Crippen LogP contribution < -0.4 is 5.32 Å². The molecule has 0 aliphatic carbocycles. The zero-order chi connectivity index (χ0) is 12.8. The predicted molar refractivity (Wildman–Crippen MR) is 73.6 cm³/mol. The second-order valence-electron chi connectivity index (χ2n) is 4.31. The molecule has 18 heavy (non-hydrogen) atoms. The van der Waals surface area contributed by atoms with Gasteiger partial charge >= 0.3 is 0 Å². The Labute approximate surface area is 107 Å². The van der Waals surface area contributed by atoms with Crippen molar-refractivity contribution in [2.24, 2.45) is 0 Å². The molecule has 1 aromatic carbocycles. The second-order valence-corrected chi connectivity index (χ2v) is 4.31. The summed E-state index contributed by atoms with van der Waals surface area (Å²) >= 11 is 0. The zero-order valence-corrected chi connectivity index (χ0v) is 10.6. The van der Waals surface area contributed by atoms with E-state index in [0.29, 0.717) is 12.8 Å². The number of pyridine rings is 1. The van der Waals surface area contributed by atoms with E-state index in [9.17, 15) is 4.79 Å². The lowest BCUT2D eigenvalue weighted by molar-refractivity contribution is -0.118.